The number of halogens is 1. The largest absolute Gasteiger partial charge is 0.488 e. The number of primary sulfonamides is 1. The van der Waals surface area contributed by atoms with Gasteiger partial charge in [0.15, 0.2) is 0 Å². The number of hydrogen-bond acceptors (Lipinski definition) is 7. The van der Waals surface area contributed by atoms with Gasteiger partial charge in [-0.25, -0.2) is 18.4 Å². The summed E-state index contributed by atoms with van der Waals surface area (Å²) >= 11 is 6.01. The van der Waals surface area contributed by atoms with E-state index in [2.05, 4.69) is 0 Å². The van der Waals surface area contributed by atoms with E-state index in [1.807, 2.05) is 4.90 Å². The molecule has 1 heterocycles. The summed E-state index contributed by atoms with van der Waals surface area (Å²) in [4.78, 5) is 14.4. The number of rotatable bonds is 7. The quantitative estimate of drug-likeness (QED) is 0.518. The number of benzene rings is 2. The number of carbonyl (C=O) groups excluding carboxylic acids is 1. The van der Waals surface area contributed by atoms with E-state index in [9.17, 15) is 13.2 Å². The summed E-state index contributed by atoms with van der Waals surface area (Å²) in [6.07, 6.45) is 0. The van der Waals surface area contributed by atoms with E-state index in [1.54, 1.807) is 30.3 Å². The molecule has 0 atom stereocenters. The van der Waals surface area contributed by atoms with Gasteiger partial charge in [-0.15, -0.1) is 0 Å². The molecular weight excluding hydrogens is 420 g/mol. The Morgan fingerprint density at radius 3 is 2.55 bits per heavy atom. The topological polar surface area (TPSA) is 108 Å². The first-order chi connectivity index (χ1) is 13.9. The fourth-order valence-corrected chi connectivity index (χ4v) is 3.59. The molecule has 10 heteroatoms. The second kappa shape index (κ2) is 9.45. The minimum atomic E-state index is -3.96. The molecule has 2 aromatic carbocycles. The van der Waals surface area contributed by atoms with Gasteiger partial charge in [0, 0.05) is 13.1 Å². The number of morpholine rings is 1. The van der Waals surface area contributed by atoms with Crippen molar-refractivity contribution in [2.24, 2.45) is 5.14 Å². The lowest BCUT2D eigenvalue weighted by molar-refractivity contribution is 0.0450. The number of nitrogens with two attached hydrogens (primary N) is 1. The smallest absolute Gasteiger partial charge is 0.340 e. The maximum atomic E-state index is 12.7. The minimum Gasteiger partial charge on any atom is -0.488 e. The van der Waals surface area contributed by atoms with E-state index in [1.165, 1.54) is 12.1 Å². The summed E-state index contributed by atoms with van der Waals surface area (Å²) < 4.78 is 39.5. The van der Waals surface area contributed by atoms with Gasteiger partial charge in [-0.05, 0) is 30.3 Å². The minimum absolute atomic E-state index is 0.0355. The van der Waals surface area contributed by atoms with Crippen LogP contribution in [0.2, 0.25) is 5.02 Å². The van der Waals surface area contributed by atoms with Gasteiger partial charge in [0.25, 0.3) is 0 Å². The zero-order valence-electron chi connectivity index (χ0n) is 15.5. The van der Waals surface area contributed by atoms with Crippen LogP contribution < -0.4 is 14.8 Å². The van der Waals surface area contributed by atoms with Crippen LogP contribution in [0.4, 0.5) is 5.69 Å². The molecule has 0 radical (unpaired) electrons. The molecule has 1 aliphatic heterocycles. The highest BCUT2D eigenvalue weighted by atomic mass is 35.5. The standard InChI is InChI=1S/C19H21ClN2O6S/c20-16-3-1-2-4-18(16)27-11-12-28-19(23)15-13-14(29(21,24)25)5-6-17(15)22-7-9-26-10-8-22/h1-6,13H,7-12H2,(H2,21,24,25). The van der Waals surface area contributed by atoms with Crippen LogP contribution in [0.5, 0.6) is 5.75 Å². The number of para-hydroxylation sites is 1. The van der Waals surface area contributed by atoms with Crippen LogP contribution in [-0.2, 0) is 19.5 Å². The van der Waals surface area contributed by atoms with Gasteiger partial charge in [-0.1, -0.05) is 23.7 Å². The fourth-order valence-electron chi connectivity index (χ4n) is 2.86. The first-order valence-electron chi connectivity index (χ1n) is 8.90. The Morgan fingerprint density at radius 1 is 1.14 bits per heavy atom. The fraction of sp³-hybridized carbons (Fsp3) is 0.316. The number of anilines is 1. The van der Waals surface area contributed by atoms with Crippen LogP contribution >= 0.6 is 11.6 Å². The molecule has 3 rings (SSSR count). The zero-order chi connectivity index (χ0) is 20.9. The van der Waals surface area contributed by atoms with E-state index in [-0.39, 0.29) is 23.7 Å². The molecule has 0 spiro atoms. The molecule has 0 amide bonds. The molecule has 156 valence electrons. The molecule has 2 aromatic rings. The third-order valence-electron chi connectivity index (χ3n) is 4.28. The molecule has 0 aromatic heterocycles. The maximum Gasteiger partial charge on any atom is 0.340 e. The van der Waals surface area contributed by atoms with Gasteiger partial charge in [0.05, 0.1) is 34.4 Å². The third-order valence-corrected chi connectivity index (χ3v) is 5.50. The van der Waals surface area contributed by atoms with E-state index in [0.717, 1.165) is 0 Å². The van der Waals surface area contributed by atoms with Gasteiger partial charge in [0.2, 0.25) is 10.0 Å². The summed E-state index contributed by atoms with van der Waals surface area (Å²) in [5.41, 5.74) is 0.689. The van der Waals surface area contributed by atoms with Crippen molar-refractivity contribution in [2.45, 2.75) is 4.90 Å². The number of sulfonamides is 1. The Labute approximate surface area is 174 Å². The Morgan fingerprint density at radius 2 is 1.86 bits per heavy atom. The molecule has 0 bridgehead atoms. The summed E-state index contributed by atoms with van der Waals surface area (Å²) in [7, 11) is -3.96. The summed E-state index contributed by atoms with van der Waals surface area (Å²) in [6.45, 7) is 2.23. The third kappa shape index (κ3) is 5.60. The van der Waals surface area contributed by atoms with Crippen LogP contribution in [0.1, 0.15) is 10.4 Å². The predicted molar refractivity (Wildman–Crippen MR) is 108 cm³/mol. The van der Waals surface area contributed by atoms with E-state index >= 15 is 0 Å². The maximum absolute atomic E-state index is 12.7. The number of hydrogen-bond donors (Lipinski definition) is 1. The molecule has 0 saturated carbocycles. The van der Waals surface area contributed by atoms with Crippen LogP contribution in [0.15, 0.2) is 47.4 Å². The number of carbonyl (C=O) groups is 1. The average molecular weight is 441 g/mol. The first-order valence-corrected chi connectivity index (χ1v) is 10.8. The Kier molecular flexibility index (Phi) is 6.96. The Bertz CT molecular complexity index is 976. The second-order valence-corrected chi connectivity index (χ2v) is 8.21. The SMILES string of the molecule is NS(=O)(=O)c1ccc(N2CCOCC2)c(C(=O)OCCOc2ccccc2Cl)c1. The van der Waals surface area contributed by atoms with Crippen molar-refractivity contribution in [1.29, 1.82) is 0 Å². The first kappa shape index (κ1) is 21.4. The molecular formula is C19H21ClN2O6S. The molecule has 0 aliphatic carbocycles. The van der Waals surface area contributed by atoms with Crippen LogP contribution in [0.3, 0.4) is 0 Å². The highest BCUT2D eigenvalue weighted by Gasteiger charge is 2.22. The van der Waals surface area contributed by atoms with Crippen molar-refractivity contribution in [3.63, 3.8) is 0 Å². The summed E-state index contributed by atoms with van der Waals surface area (Å²) in [5.74, 6) is -0.185. The van der Waals surface area contributed by atoms with Crippen molar-refractivity contribution in [3.05, 3.63) is 53.1 Å². The lowest BCUT2D eigenvalue weighted by Crippen LogP contribution is -2.37. The predicted octanol–water partition coefficient (Wildman–Crippen LogP) is 2.06. The van der Waals surface area contributed by atoms with Gasteiger partial charge in [-0.2, -0.15) is 0 Å². The van der Waals surface area contributed by atoms with E-state index < -0.39 is 16.0 Å². The van der Waals surface area contributed by atoms with Crippen LogP contribution in [-0.4, -0.2) is 53.9 Å². The highest BCUT2D eigenvalue weighted by Crippen LogP contribution is 2.26. The van der Waals surface area contributed by atoms with Gasteiger partial charge >= 0.3 is 5.97 Å². The van der Waals surface area contributed by atoms with E-state index in [0.29, 0.717) is 42.8 Å². The molecule has 1 saturated heterocycles. The molecule has 1 fully saturated rings. The van der Waals surface area contributed by atoms with Crippen LogP contribution in [0.25, 0.3) is 0 Å². The second-order valence-electron chi connectivity index (χ2n) is 6.24. The lowest BCUT2D eigenvalue weighted by Gasteiger charge is -2.30. The van der Waals surface area contributed by atoms with Gasteiger partial charge in [-0.3, -0.25) is 0 Å². The number of ether oxygens (including phenoxy) is 3. The molecule has 1 aliphatic rings. The lowest BCUT2D eigenvalue weighted by atomic mass is 10.1. The average Bonchev–Trinajstić information content (AvgIpc) is 2.72. The molecule has 8 nitrogen and oxygen atoms in total. The van der Waals surface area contributed by atoms with Crippen molar-refractivity contribution in [1.82, 2.24) is 0 Å². The van der Waals surface area contributed by atoms with E-state index in [4.69, 9.17) is 31.0 Å². The number of nitrogens with zero attached hydrogens (tertiary/aromatic N) is 1. The Hall–Kier alpha value is -2.33. The summed E-state index contributed by atoms with van der Waals surface area (Å²) in [6, 6.07) is 11.1. The summed E-state index contributed by atoms with van der Waals surface area (Å²) in [5, 5.41) is 5.66. The normalized spacial score (nSPS) is 14.5. The molecule has 0 unspecified atom stereocenters. The highest BCUT2D eigenvalue weighted by molar-refractivity contribution is 7.89. The zero-order valence-corrected chi connectivity index (χ0v) is 17.1. The van der Waals surface area contributed by atoms with Crippen LogP contribution in [0, 0.1) is 0 Å². The molecule has 29 heavy (non-hydrogen) atoms. The monoisotopic (exact) mass is 440 g/mol. The van der Waals surface area contributed by atoms with Gasteiger partial charge in [0.1, 0.15) is 19.0 Å². The van der Waals surface area contributed by atoms with Gasteiger partial charge < -0.3 is 19.1 Å². The van der Waals surface area contributed by atoms with Crippen molar-refractivity contribution < 1.29 is 27.4 Å². The number of esters is 1. The van der Waals surface area contributed by atoms with Crippen molar-refractivity contribution >= 4 is 33.3 Å². The van der Waals surface area contributed by atoms with Crippen molar-refractivity contribution in [2.75, 3.05) is 44.4 Å². The van der Waals surface area contributed by atoms with Crippen molar-refractivity contribution in [3.8, 4) is 5.75 Å². The Balaban J connectivity index is 1.72. The molecule has 2 N–H and O–H groups in total.